The maximum Gasteiger partial charge on any atom is 0.281 e. The number of hydrogen-bond donors (Lipinski definition) is 1. The summed E-state index contributed by atoms with van der Waals surface area (Å²) < 4.78 is 5.33. The predicted molar refractivity (Wildman–Crippen MR) is 93.9 cm³/mol. The number of benzene rings is 1. The second kappa shape index (κ2) is 7.41. The number of hydrogen-bond acceptors (Lipinski definition) is 4. The molecule has 0 fully saturated rings. The molecule has 0 aliphatic rings. The van der Waals surface area contributed by atoms with E-state index in [9.17, 15) is 10.1 Å². The van der Waals surface area contributed by atoms with Gasteiger partial charge in [0.1, 0.15) is 16.8 Å². The van der Waals surface area contributed by atoms with Crippen LogP contribution < -0.4 is 10.1 Å². The summed E-state index contributed by atoms with van der Waals surface area (Å²) in [6.45, 7) is 3.70. The summed E-state index contributed by atoms with van der Waals surface area (Å²) in [4.78, 5) is 13.1. The first kappa shape index (κ1) is 17.9. The van der Waals surface area contributed by atoms with Crippen molar-refractivity contribution in [3.63, 3.8) is 0 Å². The Bertz CT molecular complexity index is 799. The van der Waals surface area contributed by atoms with Gasteiger partial charge in [-0.2, -0.15) is 5.26 Å². The number of anilines is 1. The number of nitrogens with zero attached hydrogens (tertiary/aromatic N) is 1. The Morgan fingerprint density at radius 2 is 2.09 bits per heavy atom. The molecule has 1 atom stereocenters. The highest BCUT2D eigenvalue weighted by Gasteiger charge is 2.22. The van der Waals surface area contributed by atoms with Crippen LogP contribution in [0.1, 0.15) is 16.0 Å². The van der Waals surface area contributed by atoms with Crippen molar-refractivity contribution in [2.75, 3.05) is 5.32 Å². The molecule has 2 rings (SSSR count). The molecule has 0 aliphatic carbocycles. The average Bonchev–Trinajstić information content (AvgIpc) is 2.76. The van der Waals surface area contributed by atoms with E-state index in [1.807, 2.05) is 13.8 Å². The van der Waals surface area contributed by atoms with E-state index in [-0.39, 0.29) is 10.8 Å². The van der Waals surface area contributed by atoms with E-state index in [4.69, 9.17) is 39.5 Å². The van der Waals surface area contributed by atoms with Crippen LogP contribution in [0.15, 0.2) is 18.2 Å². The van der Waals surface area contributed by atoms with Gasteiger partial charge in [0.05, 0.1) is 10.6 Å². The van der Waals surface area contributed by atoms with Gasteiger partial charge < -0.3 is 10.1 Å². The zero-order valence-corrected chi connectivity index (χ0v) is 15.2. The number of halogens is 3. The van der Waals surface area contributed by atoms with Crippen LogP contribution in [-0.2, 0) is 4.79 Å². The lowest BCUT2D eigenvalue weighted by atomic mass is 10.2. The molecule has 1 aromatic heterocycles. The van der Waals surface area contributed by atoms with Crippen LogP contribution >= 0.6 is 46.1 Å². The highest BCUT2D eigenvalue weighted by molar-refractivity contribution is 7.16. The second-order valence-corrected chi connectivity index (χ2v) is 7.06. The van der Waals surface area contributed by atoms with Gasteiger partial charge >= 0.3 is 0 Å². The van der Waals surface area contributed by atoms with Gasteiger partial charge in [-0.25, -0.2) is 0 Å². The fraction of sp³-hybridized carbons (Fsp3) is 0.200. The molecule has 1 aromatic carbocycles. The van der Waals surface area contributed by atoms with Gasteiger partial charge in [-0.3, -0.25) is 4.79 Å². The summed E-state index contributed by atoms with van der Waals surface area (Å²) in [6, 6.07) is 6.65. The van der Waals surface area contributed by atoms with E-state index >= 15 is 0 Å². The number of alkyl halides is 1. The van der Waals surface area contributed by atoms with E-state index in [0.29, 0.717) is 15.6 Å². The van der Waals surface area contributed by atoms with Crippen LogP contribution in [0.5, 0.6) is 5.75 Å². The maximum atomic E-state index is 12.1. The standard InChI is InChI=1S/C15H11Cl3N2O2S/c1-7-8(2)23-15(10(7)6-19)20-14(21)13(18)22-12-4-3-9(16)5-11(12)17/h3-5,13H,1-2H3,(H,20,21)/t13-/m0/s1. The Balaban J connectivity index is 2.12. The quantitative estimate of drug-likeness (QED) is 0.738. The summed E-state index contributed by atoms with van der Waals surface area (Å²) in [5.74, 6) is -0.347. The normalized spacial score (nSPS) is 11.7. The third-order valence-corrected chi connectivity index (χ3v) is 5.00. The maximum absolute atomic E-state index is 12.1. The second-order valence-electron chi connectivity index (χ2n) is 4.60. The molecular formula is C15H11Cl3N2O2S. The zero-order chi connectivity index (χ0) is 17.1. The van der Waals surface area contributed by atoms with Crippen LogP contribution in [0.2, 0.25) is 10.0 Å². The van der Waals surface area contributed by atoms with Gasteiger partial charge in [0.15, 0.2) is 0 Å². The van der Waals surface area contributed by atoms with Gasteiger partial charge in [-0.1, -0.05) is 34.8 Å². The number of nitrogens with one attached hydrogen (secondary N) is 1. The van der Waals surface area contributed by atoms with Crippen molar-refractivity contribution in [2.45, 2.75) is 19.4 Å². The van der Waals surface area contributed by atoms with Crippen LogP contribution in [0.4, 0.5) is 5.00 Å². The molecule has 0 saturated heterocycles. The lowest BCUT2D eigenvalue weighted by Gasteiger charge is -2.13. The van der Waals surface area contributed by atoms with Crippen molar-refractivity contribution in [1.29, 1.82) is 5.26 Å². The number of carbonyl (C=O) groups is 1. The Morgan fingerprint density at radius 3 is 2.70 bits per heavy atom. The minimum atomic E-state index is -1.30. The number of amides is 1. The summed E-state index contributed by atoms with van der Waals surface area (Å²) in [5.41, 5.74) is -0.0437. The molecule has 23 heavy (non-hydrogen) atoms. The molecule has 8 heteroatoms. The van der Waals surface area contributed by atoms with Crippen molar-refractivity contribution in [1.82, 2.24) is 0 Å². The SMILES string of the molecule is Cc1sc(NC(=O)[C@@H](Cl)Oc2ccc(Cl)cc2Cl)c(C#N)c1C. The largest absolute Gasteiger partial charge is 0.463 e. The molecule has 1 N–H and O–H groups in total. The number of aryl methyl sites for hydroxylation is 1. The molecule has 1 amide bonds. The third-order valence-electron chi connectivity index (χ3n) is 3.06. The third kappa shape index (κ3) is 4.10. The Morgan fingerprint density at radius 1 is 1.39 bits per heavy atom. The molecule has 0 unspecified atom stereocenters. The Kier molecular flexibility index (Phi) is 5.77. The van der Waals surface area contributed by atoms with Crippen LogP contribution in [-0.4, -0.2) is 11.5 Å². The molecule has 0 saturated carbocycles. The first-order valence-corrected chi connectivity index (χ1v) is 8.41. The predicted octanol–water partition coefficient (Wildman–Crippen LogP) is 5.13. The van der Waals surface area contributed by atoms with Gasteiger partial charge in [0.2, 0.25) is 0 Å². The van der Waals surface area contributed by atoms with E-state index in [0.717, 1.165) is 10.4 Å². The number of ether oxygens (including phenoxy) is 1. The number of rotatable bonds is 4. The van der Waals surface area contributed by atoms with E-state index in [2.05, 4.69) is 11.4 Å². The summed E-state index contributed by atoms with van der Waals surface area (Å²) in [5, 5.41) is 12.9. The molecule has 0 aliphatic heterocycles. The summed E-state index contributed by atoms with van der Waals surface area (Å²) in [6.07, 6.45) is 0. The lowest BCUT2D eigenvalue weighted by molar-refractivity contribution is -0.119. The van der Waals surface area contributed by atoms with Gasteiger partial charge in [-0.15, -0.1) is 11.3 Å². The molecule has 0 spiro atoms. The van der Waals surface area contributed by atoms with Gasteiger partial charge in [0, 0.05) is 9.90 Å². The molecule has 2 aromatic rings. The van der Waals surface area contributed by atoms with Crippen LogP contribution in [0.3, 0.4) is 0 Å². The minimum Gasteiger partial charge on any atom is -0.463 e. The zero-order valence-electron chi connectivity index (χ0n) is 12.1. The first-order valence-electron chi connectivity index (χ1n) is 6.40. The fourth-order valence-corrected chi connectivity index (χ4v) is 3.37. The summed E-state index contributed by atoms with van der Waals surface area (Å²) in [7, 11) is 0. The van der Waals surface area contributed by atoms with Crippen molar-refractivity contribution in [3.8, 4) is 11.8 Å². The fourth-order valence-electron chi connectivity index (χ4n) is 1.75. The number of carbonyl (C=O) groups excluding carboxylic acids is 1. The molecule has 0 bridgehead atoms. The molecule has 4 nitrogen and oxygen atoms in total. The van der Waals surface area contributed by atoms with Crippen molar-refractivity contribution in [2.24, 2.45) is 0 Å². The molecule has 1 heterocycles. The summed E-state index contributed by atoms with van der Waals surface area (Å²) >= 11 is 19.0. The van der Waals surface area contributed by atoms with E-state index in [1.165, 1.54) is 23.5 Å². The lowest BCUT2D eigenvalue weighted by Crippen LogP contribution is -2.28. The molecule has 0 radical (unpaired) electrons. The van der Waals surface area contributed by atoms with Crippen LogP contribution in [0, 0.1) is 25.2 Å². The average molecular weight is 390 g/mol. The van der Waals surface area contributed by atoms with E-state index in [1.54, 1.807) is 6.07 Å². The monoisotopic (exact) mass is 388 g/mol. The topological polar surface area (TPSA) is 62.1 Å². The van der Waals surface area contributed by atoms with Crippen LogP contribution in [0.25, 0.3) is 0 Å². The van der Waals surface area contributed by atoms with Gasteiger partial charge in [-0.05, 0) is 37.6 Å². The van der Waals surface area contributed by atoms with Crippen molar-refractivity contribution < 1.29 is 9.53 Å². The highest BCUT2D eigenvalue weighted by atomic mass is 35.5. The Labute approximate surface area is 152 Å². The van der Waals surface area contributed by atoms with Crippen molar-refractivity contribution >= 4 is 57.0 Å². The molecular weight excluding hydrogens is 379 g/mol. The Hall–Kier alpha value is -1.45. The molecule has 120 valence electrons. The number of thiophene rings is 1. The minimum absolute atomic E-state index is 0.241. The smallest absolute Gasteiger partial charge is 0.281 e. The number of nitriles is 1. The highest BCUT2D eigenvalue weighted by Crippen LogP contribution is 2.32. The van der Waals surface area contributed by atoms with E-state index < -0.39 is 11.5 Å². The van der Waals surface area contributed by atoms with Gasteiger partial charge in [0.25, 0.3) is 11.5 Å². The first-order chi connectivity index (χ1) is 10.8. The van der Waals surface area contributed by atoms with Crippen molar-refractivity contribution in [3.05, 3.63) is 44.2 Å².